The molecule has 0 aromatic heterocycles. The highest BCUT2D eigenvalue weighted by Crippen LogP contribution is 2.31. The van der Waals surface area contributed by atoms with Gasteiger partial charge in [0.1, 0.15) is 0 Å². The summed E-state index contributed by atoms with van der Waals surface area (Å²) in [6.45, 7) is 5.89. The predicted octanol–water partition coefficient (Wildman–Crippen LogP) is 4.07. The minimum atomic E-state index is 0.788. The van der Waals surface area contributed by atoms with Crippen LogP contribution in [0.25, 0.3) is 0 Å². The highest BCUT2D eigenvalue weighted by molar-refractivity contribution is 5.22. The first kappa shape index (κ1) is 12.9. The van der Waals surface area contributed by atoms with Crippen LogP contribution in [0.2, 0.25) is 0 Å². The summed E-state index contributed by atoms with van der Waals surface area (Å²) in [7, 11) is 0. The molecule has 17 heavy (non-hydrogen) atoms. The lowest BCUT2D eigenvalue weighted by Gasteiger charge is -2.16. The van der Waals surface area contributed by atoms with E-state index in [1.54, 1.807) is 0 Å². The van der Waals surface area contributed by atoms with Crippen molar-refractivity contribution in [2.75, 3.05) is 6.54 Å². The first-order valence-electron chi connectivity index (χ1n) is 7.34. The zero-order valence-corrected chi connectivity index (χ0v) is 11.4. The van der Waals surface area contributed by atoms with E-state index in [4.69, 9.17) is 0 Å². The molecule has 0 heterocycles. The van der Waals surface area contributed by atoms with Crippen molar-refractivity contribution in [3.63, 3.8) is 0 Å². The maximum absolute atomic E-state index is 3.74. The number of hydrogen-bond donors (Lipinski definition) is 1. The molecular formula is C16H27N. The number of hydrogen-bond acceptors (Lipinski definition) is 1. The van der Waals surface area contributed by atoms with E-state index < -0.39 is 0 Å². The normalized spacial score (nSPS) is 28.8. The van der Waals surface area contributed by atoms with Gasteiger partial charge in [0.05, 0.1) is 0 Å². The number of allylic oxidation sites excluding steroid dienone is 3. The van der Waals surface area contributed by atoms with Crippen molar-refractivity contribution < 1.29 is 0 Å². The molecule has 1 fully saturated rings. The molecule has 0 bridgehead atoms. The molecule has 1 saturated carbocycles. The van der Waals surface area contributed by atoms with E-state index in [2.05, 4.69) is 37.4 Å². The Morgan fingerprint density at radius 2 is 2.18 bits per heavy atom. The minimum absolute atomic E-state index is 0.788. The second kappa shape index (κ2) is 6.39. The molecular weight excluding hydrogens is 206 g/mol. The van der Waals surface area contributed by atoms with E-state index in [0.717, 1.165) is 24.4 Å². The van der Waals surface area contributed by atoms with Crippen molar-refractivity contribution >= 4 is 0 Å². The summed E-state index contributed by atoms with van der Waals surface area (Å²) in [5.41, 5.74) is 1.53. The third-order valence-corrected chi connectivity index (χ3v) is 4.33. The van der Waals surface area contributed by atoms with E-state index in [-0.39, 0.29) is 0 Å². The average molecular weight is 233 g/mol. The molecule has 2 unspecified atom stereocenters. The van der Waals surface area contributed by atoms with Gasteiger partial charge in [0.25, 0.3) is 0 Å². The van der Waals surface area contributed by atoms with Crippen LogP contribution in [0.3, 0.4) is 0 Å². The molecule has 0 amide bonds. The third kappa shape index (κ3) is 3.99. The van der Waals surface area contributed by atoms with Gasteiger partial charge >= 0.3 is 0 Å². The standard InChI is InChI=1S/C16H27N/c1-13(2)15-8-9-16(12-15)17-11-10-14-6-4-3-5-7-14/h4,6-7,13,15-17H,3,5,8-12H2,1-2H3. The molecule has 96 valence electrons. The second-order valence-electron chi connectivity index (χ2n) is 5.98. The summed E-state index contributed by atoms with van der Waals surface area (Å²) in [4.78, 5) is 0. The summed E-state index contributed by atoms with van der Waals surface area (Å²) >= 11 is 0. The Morgan fingerprint density at radius 1 is 1.29 bits per heavy atom. The minimum Gasteiger partial charge on any atom is -0.314 e. The van der Waals surface area contributed by atoms with Crippen LogP contribution in [0.15, 0.2) is 23.8 Å². The van der Waals surface area contributed by atoms with Crippen LogP contribution in [-0.2, 0) is 0 Å². The summed E-state index contributed by atoms with van der Waals surface area (Å²) in [6, 6.07) is 0.788. The van der Waals surface area contributed by atoms with E-state index in [1.165, 1.54) is 44.1 Å². The van der Waals surface area contributed by atoms with Gasteiger partial charge in [-0.1, -0.05) is 37.6 Å². The van der Waals surface area contributed by atoms with Crippen LogP contribution >= 0.6 is 0 Å². The monoisotopic (exact) mass is 233 g/mol. The third-order valence-electron chi connectivity index (χ3n) is 4.33. The average Bonchev–Trinajstić information content (AvgIpc) is 2.79. The van der Waals surface area contributed by atoms with Gasteiger partial charge in [0, 0.05) is 6.04 Å². The fourth-order valence-corrected chi connectivity index (χ4v) is 3.08. The topological polar surface area (TPSA) is 12.0 Å². The second-order valence-corrected chi connectivity index (χ2v) is 5.98. The van der Waals surface area contributed by atoms with Crippen LogP contribution in [0, 0.1) is 11.8 Å². The summed E-state index contributed by atoms with van der Waals surface area (Å²) < 4.78 is 0. The number of rotatable bonds is 5. The lowest BCUT2D eigenvalue weighted by molar-refractivity contribution is 0.382. The van der Waals surface area contributed by atoms with Gasteiger partial charge in [-0.25, -0.2) is 0 Å². The first-order chi connectivity index (χ1) is 8.25. The lowest BCUT2D eigenvalue weighted by Crippen LogP contribution is -2.28. The maximum atomic E-state index is 3.74. The van der Waals surface area contributed by atoms with E-state index in [1.807, 2.05) is 0 Å². The fourth-order valence-electron chi connectivity index (χ4n) is 3.08. The van der Waals surface area contributed by atoms with Gasteiger partial charge in [-0.3, -0.25) is 0 Å². The van der Waals surface area contributed by atoms with Crippen molar-refractivity contribution in [3.05, 3.63) is 23.8 Å². The van der Waals surface area contributed by atoms with Crippen LogP contribution < -0.4 is 5.32 Å². The molecule has 0 saturated heterocycles. The highest BCUT2D eigenvalue weighted by atomic mass is 14.9. The van der Waals surface area contributed by atoms with E-state index in [9.17, 15) is 0 Å². The quantitative estimate of drug-likeness (QED) is 0.755. The SMILES string of the molecule is CC(C)C1CCC(NCCC2=CCCC=C2)C1. The van der Waals surface area contributed by atoms with Crippen LogP contribution in [-0.4, -0.2) is 12.6 Å². The van der Waals surface area contributed by atoms with Crippen molar-refractivity contribution in [3.8, 4) is 0 Å². The Hall–Kier alpha value is -0.560. The largest absolute Gasteiger partial charge is 0.314 e. The fraction of sp³-hybridized carbons (Fsp3) is 0.750. The molecule has 2 atom stereocenters. The highest BCUT2D eigenvalue weighted by Gasteiger charge is 2.25. The molecule has 1 nitrogen and oxygen atoms in total. The summed E-state index contributed by atoms with van der Waals surface area (Å²) in [6.07, 6.45) is 14.9. The molecule has 0 radical (unpaired) electrons. The van der Waals surface area contributed by atoms with E-state index >= 15 is 0 Å². The molecule has 0 aromatic rings. The van der Waals surface area contributed by atoms with Gasteiger partial charge in [-0.15, -0.1) is 0 Å². The van der Waals surface area contributed by atoms with Gasteiger partial charge < -0.3 is 5.32 Å². The molecule has 1 heteroatoms. The molecule has 2 aliphatic carbocycles. The molecule has 0 aromatic carbocycles. The first-order valence-corrected chi connectivity index (χ1v) is 7.34. The van der Waals surface area contributed by atoms with Crippen molar-refractivity contribution in [2.24, 2.45) is 11.8 Å². The molecule has 0 spiro atoms. The number of nitrogens with one attached hydrogen (secondary N) is 1. The predicted molar refractivity (Wildman–Crippen MR) is 75.0 cm³/mol. The van der Waals surface area contributed by atoms with Gasteiger partial charge in [0.2, 0.25) is 0 Å². The van der Waals surface area contributed by atoms with Crippen LogP contribution in [0.5, 0.6) is 0 Å². The zero-order chi connectivity index (χ0) is 12.1. The summed E-state index contributed by atoms with van der Waals surface area (Å²) in [5, 5.41) is 3.74. The zero-order valence-electron chi connectivity index (χ0n) is 11.4. The Morgan fingerprint density at radius 3 is 2.82 bits per heavy atom. The molecule has 2 aliphatic rings. The van der Waals surface area contributed by atoms with Crippen molar-refractivity contribution in [2.45, 2.75) is 58.4 Å². The molecule has 2 rings (SSSR count). The Kier molecular flexibility index (Phi) is 4.85. The van der Waals surface area contributed by atoms with Crippen LogP contribution in [0.1, 0.15) is 52.4 Å². The van der Waals surface area contributed by atoms with Gasteiger partial charge in [-0.2, -0.15) is 0 Å². The smallest absolute Gasteiger partial charge is 0.00700 e. The molecule has 0 aliphatic heterocycles. The Bertz CT molecular complexity index is 288. The van der Waals surface area contributed by atoms with E-state index in [0.29, 0.717) is 0 Å². The van der Waals surface area contributed by atoms with Gasteiger partial charge in [-0.05, 0) is 56.9 Å². The summed E-state index contributed by atoms with van der Waals surface area (Å²) in [5.74, 6) is 1.83. The lowest BCUT2D eigenvalue weighted by atomic mass is 9.94. The Balaban J connectivity index is 1.63. The van der Waals surface area contributed by atoms with Gasteiger partial charge in [0.15, 0.2) is 0 Å². The molecule has 1 N–H and O–H groups in total. The van der Waals surface area contributed by atoms with Crippen molar-refractivity contribution in [1.29, 1.82) is 0 Å². The Labute approximate surface area is 106 Å². The van der Waals surface area contributed by atoms with Crippen LogP contribution in [0.4, 0.5) is 0 Å². The maximum Gasteiger partial charge on any atom is 0.00700 e. The van der Waals surface area contributed by atoms with Crippen molar-refractivity contribution in [1.82, 2.24) is 5.32 Å².